The van der Waals surface area contributed by atoms with Crippen molar-refractivity contribution in [1.82, 2.24) is 4.90 Å². The molecule has 0 amide bonds. The summed E-state index contributed by atoms with van der Waals surface area (Å²) in [6.45, 7) is 7.36. The third-order valence-electron chi connectivity index (χ3n) is 5.36. The van der Waals surface area contributed by atoms with E-state index in [1.807, 2.05) is 25.1 Å². The van der Waals surface area contributed by atoms with Crippen LogP contribution in [0.2, 0.25) is 5.02 Å². The second kappa shape index (κ2) is 10.5. The fraction of sp³-hybridized carbons (Fsp3) is 0.348. The van der Waals surface area contributed by atoms with Crippen LogP contribution in [0.1, 0.15) is 22.2 Å². The summed E-state index contributed by atoms with van der Waals surface area (Å²) in [5, 5.41) is 1.94. The van der Waals surface area contributed by atoms with E-state index < -0.39 is 0 Å². The van der Waals surface area contributed by atoms with Gasteiger partial charge in [-0.3, -0.25) is 4.90 Å². The molecule has 0 spiro atoms. The Balaban J connectivity index is 0.00000256. The number of piperazine rings is 1. The number of carbonyl (C=O) groups is 1. The second-order valence-electron chi connectivity index (χ2n) is 7.23. The Labute approximate surface area is 192 Å². The Morgan fingerprint density at radius 2 is 1.83 bits per heavy atom. The first-order chi connectivity index (χ1) is 14.1. The van der Waals surface area contributed by atoms with Gasteiger partial charge in [0.2, 0.25) is 0 Å². The number of hydrogen-bond acceptors (Lipinski definition) is 5. The van der Waals surface area contributed by atoms with E-state index in [1.165, 1.54) is 22.6 Å². The molecule has 1 aliphatic rings. The van der Waals surface area contributed by atoms with Gasteiger partial charge in [-0.15, -0.1) is 23.7 Å². The lowest BCUT2D eigenvalue weighted by Gasteiger charge is -2.36. The molecule has 1 fully saturated rings. The topological polar surface area (TPSA) is 32.8 Å². The SMILES string of the molecule is CCOC(=O)c1cc2c(N3CCN(CCc4ccc(Cl)cc4)CC3)cccc2s1.Cl. The smallest absolute Gasteiger partial charge is 0.348 e. The minimum atomic E-state index is -0.230. The lowest BCUT2D eigenvalue weighted by Crippen LogP contribution is -2.47. The van der Waals surface area contributed by atoms with Crippen molar-refractivity contribution in [2.45, 2.75) is 13.3 Å². The lowest BCUT2D eigenvalue weighted by molar-refractivity contribution is 0.0532. The second-order valence-corrected chi connectivity index (χ2v) is 8.75. The predicted molar refractivity (Wildman–Crippen MR) is 129 cm³/mol. The highest BCUT2D eigenvalue weighted by Crippen LogP contribution is 2.34. The molecule has 3 aromatic rings. The molecule has 0 saturated carbocycles. The van der Waals surface area contributed by atoms with Gasteiger partial charge in [-0.25, -0.2) is 4.79 Å². The number of thiophene rings is 1. The van der Waals surface area contributed by atoms with Crippen molar-refractivity contribution < 1.29 is 9.53 Å². The first-order valence-corrected chi connectivity index (χ1v) is 11.2. The Kier molecular flexibility index (Phi) is 8.00. The summed E-state index contributed by atoms with van der Waals surface area (Å²) in [6, 6.07) is 16.4. The molecule has 2 aromatic carbocycles. The zero-order valence-corrected chi connectivity index (χ0v) is 19.4. The van der Waals surface area contributed by atoms with Gasteiger partial charge in [0.05, 0.1) is 6.61 Å². The summed E-state index contributed by atoms with van der Waals surface area (Å²) >= 11 is 7.48. The van der Waals surface area contributed by atoms with E-state index in [1.54, 1.807) is 0 Å². The van der Waals surface area contributed by atoms with E-state index in [0.29, 0.717) is 11.5 Å². The number of rotatable bonds is 6. The van der Waals surface area contributed by atoms with Crippen molar-refractivity contribution in [2.75, 3.05) is 44.2 Å². The summed E-state index contributed by atoms with van der Waals surface area (Å²) < 4.78 is 6.31. The fourth-order valence-corrected chi connectivity index (χ4v) is 4.88. The monoisotopic (exact) mass is 464 g/mol. The van der Waals surface area contributed by atoms with Gasteiger partial charge in [-0.1, -0.05) is 29.8 Å². The van der Waals surface area contributed by atoms with Crippen LogP contribution in [0.15, 0.2) is 48.5 Å². The zero-order valence-electron chi connectivity index (χ0n) is 17.0. The van der Waals surface area contributed by atoms with Crippen LogP contribution in [0, 0.1) is 0 Å². The maximum absolute atomic E-state index is 12.1. The maximum Gasteiger partial charge on any atom is 0.348 e. The molecule has 1 saturated heterocycles. The molecule has 0 atom stereocenters. The van der Waals surface area contributed by atoms with Crippen LogP contribution in [0.5, 0.6) is 0 Å². The number of carbonyl (C=O) groups excluding carboxylic acids is 1. The molecular weight excluding hydrogens is 439 g/mol. The highest BCUT2D eigenvalue weighted by molar-refractivity contribution is 7.20. The van der Waals surface area contributed by atoms with E-state index in [-0.39, 0.29) is 18.4 Å². The number of nitrogens with zero attached hydrogens (tertiary/aromatic N) is 2. The molecule has 1 aromatic heterocycles. The molecule has 30 heavy (non-hydrogen) atoms. The molecule has 2 heterocycles. The van der Waals surface area contributed by atoms with Crippen LogP contribution in [0.25, 0.3) is 10.1 Å². The van der Waals surface area contributed by atoms with Crippen molar-refractivity contribution in [2.24, 2.45) is 0 Å². The minimum absolute atomic E-state index is 0. The largest absolute Gasteiger partial charge is 0.462 e. The molecular formula is C23H26Cl2N2O2S. The first-order valence-electron chi connectivity index (χ1n) is 10.1. The van der Waals surface area contributed by atoms with Gasteiger partial charge in [0, 0.05) is 53.5 Å². The van der Waals surface area contributed by atoms with Crippen LogP contribution >= 0.6 is 35.3 Å². The molecule has 0 N–H and O–H groups in total. The van der Waals surface area contributed by atoms with Gasteiger partial charge in [-0.05, 0) is 49.2 Å². The van der Waals surface area contributed by atoms with Gasteiger partial charge < -0.3 is 9.64 Å². The minimum Gasteiger partial charge on any atom is -0.462 e. The zero-order chi connectivity index (χ0) is 20.2. The van der Waals surface area contributed by atoms with Crippen molar-refractivity contribution >= 4 is 57.1 Å². The van der Waals surface area contributed by atoms with Gasteiger partial charge in [0.25, 0.3) is 0 Å². The average molecular weight is 465 g/mol. The van der Waals surface area contributed by atoms with Crippen LogP contribution in [-0.4, -0.2) is 50.2 Å². The van der Waals surface area contributed by atoms with Crippen LogP contribution < -0.4 is 4.90 Å². The van der Waals surface area contributed by atoms with Gasteiger partial charge in [0.1, 0.15) is 4.88 Å². The first kappa shape index (κ1) is 22.9. The summed E-state index contributed by atoms with van der Waals surface area (Å²) in [6.07, 6.45) is 1.04. The van der Waals surface area contributed by atoms with Crippen molar-refractivity contribution in [3.05, 3.63) is 64.0 Å². The Bertz CT molecular complexity index is 983. The van der Waals surface area contributed by atoms with Crippen molar-refractivity contribution in [3.63, 3.8) is 0 Å². The lowest BCUT2D eigenvalue weighted by atomic mass is 10.1. The maximum atomic E-state index is 12.1. The van der Waals surface area contributed by atoms with Gasteiger partial charge in [0.15, 0.2) is 0 Å². The summed E-state index contributed by atoms with van der Waals surface area (Å²) in [5.41, 5.74) is 2.54. The van der Waals surface area contributed by atoms with Crippen LogP contribution in [-0.2, 0) is 11.2 Å². The number of fused-ring (bicyclic) bond motifs is 1. The third-order valence-corrected chi connectivity index (χ3v) is 6.69. The Morgan fingerprint density at radius 1 is 1.10 bits per heavy atom. The molecule has 0 radical (unpaired) electrons. The number of hydrogen-bond donors (Lipinski definition) is 0. The summed E-state index contributed by atoms with van der Waals surface area (Å²) in [4.78, 5) is 17.7. The molecule has 4 nitrogen and oxygen atoms in total. The third kappa shape index (κ3) is 5.27. The van der Waals surface area contributed by atoms with Gasteiger partial charge in [-0.2, -0.15) is 0 Å². The summed E-state index contributed by atoms with van der Waals surface area (Å²) in [5.74, 6) is -0.230. The van der Waals surface area contributed by atoms with E-state index in [0.717, 1.165) is 54.3 Å². The molecule has 1 aliphatic heterocycles. The molecule has 0 unspecified atom stereocenters. The Hall–Kier alpha value is -1.79. The number of anilines is 1. The highest BCUT2D eigenvalue weighted by Gasteiger charge is 2.20. The fourth-order valence-electron chi connectivity index (χ4n) is 3.77. The standard InChI is InChI=1S/C23H25ClN2O2S.ClH/c1-2-28-23(27)22-16-19-20(4-3-5-21(19)29-22)26-14-12-25(13-15-26)11-10-17-6-8-18(24)9-7-17;/h3-9,16H,2,10-15H2,1H3;1H. The summed E-state index contributed by atoms with van der Waals surface area (Å²) in [7, 11) is 0. The number of halogens is 2. The molecule has 0 aliphatic carbocycles. The van der Waals surface area contributed by atoms with E-state index in [4.69, 9.17) is 16.3 Å². The average Bonchev–Trinajstić information content (AvgIpc) is 3.19. The van der Waals surface area contributed by atoms with Gasteiger partial charge >= 0.3 is 5.97 Å². The normalized spacial score (nSPS) is 14.5. The molecule has 0 bridgehead atoms. The highest BCUT2D eigenvalue weighted by atomic mass is 35.5. The predicted octanol–water partition coefficient (Wildman–Crippen LogP) is 5.52. The number of esters is 1. The number of benzene rings is 2. The van der Waals surface area contributed by atoms with E-state index in [2.05, 4.69) is 40.1 Å². The quantitative estimate of drug-likeness (QED) is 0.449. The Morgan fingerprint density at radius 3 is 2.53 bits per heavy atom. The molecule has 4 rings (SSSR count). The van der Waals surface area contributed by atoms with Crippen LogP contribution in [0.4, 0.5) is 5.69 Å². The van der Waals surface area contributed by atoms with Crippen molar-refractivity contribution in [3.8, 4) is 0 Å². The van der Waals surface area contributed by atoms with E-state index >= 15 is 0 Å². The van der Waals surface area contributed by atoms with Crippen molar-refractivity contribution in [1.29, 1.82) is 0 Å². The van der Waals surface area contributed by atoms with E-state index in [9.17, 15) is 4.79 Å². The molecule has 160 valence electrons. The number of ether oxygens (including phenoxy) is 1. The van der Waals surface area contributed by atoms with Crippen LogP contribution in [0.3, 0.4) is 0 Å². The molecule has 7 heteroatoms.